The Kier molecular flexibility index (Phi) is 5.95. The van der Waals surface area contributed by atoms with Crippen molar-refractivity contribution in [3.05, 3.63) is 77.6 Å². The molecule has 158 valence electrons. The van der Waals surface area contributed by atoms with E-state index in [1.165, 1.54) is 11.8 Å². The molecule has 7 heteroatoms. The number of rotatable bonds is 6. The number of amides is 1. The number of benzene rings is 2. The Bertz CT molecular complexity index is 1150. The number of para-hydroxylation sites is 2. The molecule has 0 fully saturated rings. The zero-order valence-electron chi connectivity index (χ0n) is 17.3. The summed E-state index contributed by atoms with van der Waals surface area (Å²) < 4.78 is 7.21. The molecule has 1 aromatic heterocycles. The smallest absolute Gasteiger partial charge is 0.307 e. The lowest BCUT2D eigenvalue weighted by atomic mass is 10.1. The molecular formula is C24H22N2O4S. The van der Waals surface area contributed by atoms with Gasteiger partial charge in [0.05, 0.1) is 17.4 Å². The van der Waals surface area contributed by atoms with Gasteiger partial charge in [0.1, 0.15) is 0 Å². The SMILES string of the molecule is Cc1cc(C(=O)COC(=O)C[C@@H]2Sc3ccccc3NC2=O)c(C)n1-c1ccccc1. The maximum Gasteiger partial charge on any atom is 0.307 e. The minimum absolute atomic E-state index is 0.0961. The molecule has 0 aliphatic carbocycles. The van der Waals surface area contributed by atoms with E-state index in [9.17, 15) is 14.4 Å². The third-order valence-electron chi connectivity index (χ3n) is 5.17. The molecule has 0 saturated heterocycles. The number of ether oxygens (including phenoxy) is 1. The van der Waals surface area contributed by atoms with Gasteiger partial charge in [0.25, 0.3) is 0 Å². The van der Waals surface area contributed by atoms with Crippen molar-refractivity contribution in [3.8, 4) is 5.69 Å². The highest BCUT2D eigenvalue weighted by Gasteiger charge is 2.29. The fraction of sp³-hybridized carbons (Fsp3) is 0.208. The molecule has 0 unspecified atom stereocenters. The second-order valence-electron chi connectivity index (χ2n) is 7.34. The quantitative estimate of drug-likeness (QED) is 0.462. The molecule has 1 amide bonds. The van der Waals surface area contributed by atoms with Gasteiger partial charge in [-0.1, -0.05) is 30.3 Å². The first-order chi connectivity index (χ1) is 14.9. The van der Waals surface area contributed by atoms with Crippen LogP contribution >= 0.6 is 11.8 Å². The predicted octanol–water partition coefficient (Wildman–Crippen LogP) is 4.32. The summed E-state index contributed by atoms with van der Waals surface area (Å²) in [5.41, 5.74) is 3.95. The molecule has 3 aromatic rings. The first-order valence-electron chi connectivity index (χ1n) is 9.94. The number of ketones is 1. The lowest BCUT2D eigenvalue weighted by Crippen LogP contribution is -2.31. The summed E-state index contributed by atoms with van der Waals surface area (Å²) in [6.07, 6.45) is -0.0961. The number of hydrogen-bond donors (Lipinski definition) is 1. The van der Waals surface area contributed by atoms with Crippen molar-refractivity contribution in [3.63, 3.8) is 0 Å². The lowest BCUT2D eigenvalue weighted by Gasteiger charge is -2.23. The third-order valence-corrected chi connectivity index (χ3v) is 6.44. The van der Waals surface area contributed by atoms with Crippen LogP contribution in [0.3, 0.4) is 0 Å². The van der Waals surface area contributed by atoms with Gasteiger partial charge in [-0.05, 0) is 44.2 Å². The summed E-state index contributed by atoms with van der Waals surface area (Å²) in [6.45, 7) is 3.45. The van der Waals surface area contributed by atoms with Crippen LogP contribution in [0.1, 0.15) is 28.2 Å². The molecule has 1 aliphatic heterocycles. The molecule has 0 saturated carbocycles. The summed E-state index contributed by atoms with van der Waals surface area (Å²) in [5, 5.41) is 2.22. The van der Waals surface area contributed by atoms with E-state index >= 15 is 0 Å². The molecular weight excluding hydrogens is 412 g/mol. The number of aromatic nitrogens is 1. The molecule has 2 aromatic carbocycles. The van der Waals surface area contributed by atoms with Crippen molar-refractivity contribution in [2.24, 2.45) is 0 Å². The van der Waals surface area contributed by atoms with Crippen LogP contribution in [-0.2, 0) is 14.3 Å². The Morgan fingerprint density at radius 1 is 1.06 bits per heavy atom. The number of Topliss-reactive ketones (excluding diaryl/α,β-unsaturated/α-hetero) is 1. The fourth-order valence-electron chi connectivity index (χ4n) is 3.68. The number of hydrogen-bond acceptors (Lipinski definition) is 5. The summed E-state index contributed by atoms with van der Waals surface area (Å²) in [5.74, 6) is -1.08. The van der Waals surface area contributed by atoms with Crippen LogP contribution in [0.2, 0.25) is 0 Å². The predicted molar refractivity (Wildman–Crippen MR) is 120 cm³/mol. The maximum atomic E-state index is 12.7. The number of carbonyl (C=O) groups is 3. The highest BCUT2D eigenvalue weighted by Crippen LogP contribution is 2.36. The minimum atomic E-state index is -0.583. The zero-order valence-corrected chi connectivity index (χ0v) is 18.1. The van der Waals surface area contributed by atoms with E-state index in [1.807, 2.05) is 73.0 Å². The topological polar surface area (TPSA) is 77.4 Å². The molecule has 2 heterocycles. The average molecular weight is 435 g/mol. The van der Waals surface area contributed by atoms with Crippen LogP contribution in [0.25, 0.3) is 5.69 Å². The molecule has 1 aliphatic rings. The molecule has 6 nitrogen and oxygen atoms in total. The minimum Gasteiger partial charge on any atom is -0.457 e. The number of fused-ring (bicyclic) bond motifs is 1. The van der Waals surface area contributed by atoms with Gasteiger partial charge >= 0.3 is 5.97 Å². The summed E-state index contributed by atoms with van der Waals surface area (Å²) in [6, 6.07) is 19.0. The highest BCUT2D eigenvalue weighted by molar-refractivity contribution is 8.01. The normalized spacial score (nSPS) is 15.2. The fourth-order valence-corrected chi connectivity index (χ4v) is 4.78. The van der Waals surface area contributed by atoms with Crippen molar-refractivity contribution in [2.45, 2.75) is 30.4 Å². The second-order valence-corrected chi connectivity index (χ2v) is 8.58. The maximum absolute atomic E-state index is 12.7. The number of thioether (sulfide) groups is 1. The van der Waals surface area contributed by atoms with Gasteiger partial charge in [0.2, 0.25) is 11.7 Å². The Balaban J connectivity index is 1.38. The first kappa shape index (κ1) is 20.9. The average Bonchev–Trinajstić information content (AvgIpc) is 3.07. The van der Waals surface area contributed by atoms with Crippen LogP contribution in [-0.4, -0.2) is 34.1 Å². The van der Waals surface area contributed by atoms with E-state index in [0.717, 1.165) is 27.7 Å². The first-order valence-corrected chi connectivity index (χ1v) is 10.8. The van der Waals surface area contributed by atoms with Gasteiger partial charge in [-0.2, -0.15) is 0 Å². The van der Waals surface area contributed by atoms with Crippen molar-refractivity contribution in [1.82, 2.24) is 4.57 Å². The van der Waals surface area contributed by atoms with Gasteiger partial charge in [-0.25, -0.2) is 0 Å². The molecule has 4 rings (SSSR count). The number of carbonyl (C=O) groups excluding carboxylic acids is 3. The molecule has 1 N–H and O–H groups in total. The van der Waals surface area contributed by atoms with Gasteiger partial charge in [-0.3, -0.25) is 14.4 Å². The Morgan fingerprint density at radius 3 is 2.55 bits per heavy atom. The van der Waals surface area contributed by atoms with Gasteiger partial charge in [0.15, 0.2) is 6.61 Å². The largest absolute Gasteiger partial charge is 0.457 e. The van der Waals surface area contributed by atoms with E-state index < -0.39 is 11.2 Å². The number of nitrogens with zero attached hydrogens (tertiary/aromatic N) is 1. The van der Waals surface area contributed by atoms with Gasteiger partial charge in [-0.15, -0.1) is 11.8 Å². The van der Waals surface area contributed by atoms with E-state index in [2.05, 4.69) is 5.32 Å². The summed E-state index contributed by atoms with van der Waals surface area (Å²) in [4.78, 5) is 38.2. The van der Waals surface area contributed by atoms with Crippen molar-refractivity contribution in [2.75, 3.05) is 11.9 Å². The zero-order chi connectivity index (χ0) is 22.0. The summed E-state index contributed by atoms with van der Waals surface area (Å²) >= 11 is 1.33. The van der Waals surface area contributed by atoms with E-state index in [1.54, 1.807) is 6.07 Å². The Labute approximate surface area is 184 Å². The highest BCUT2D eigenvalue weighted by atomic mass is 32.2. The standard InChI is InChI=1S/C24H22N2O4S/c1-15-12-18(16(2)26(15)17-8-4-3-5-9-17)20(27)14-30-23(28)13-22-24(29)25-19-10-6-7-11-21(19)31-22/h3-12,22H,13-14H2,1-2H3,(H,25,29)/t22-/m0/s1. The van der Waals surface area contributed by atoms with E-state index in [-0.39, 0.29) is 24.7 Å². The Morgan fingerprint density at radius 2 is 1.77 bits per heavy atom. The van der Waals surface area contributed by atoms with Crippen LogP contribution < -0.4 is 5.32 Å². The number of anilines is 1. The van der Waals surface area contributed by atoms with Crippen LogP contribution in [0.5, 0.6) is 0 Å². The number of aryl methyl sites for hydroxylation is 1. The molecule has 1 atom stereocenters. The second kappa shape index (κ2) is 8.81. The van der Waals surface area contributed by atoms with E-state index in [0.29, 0.717) is 5.56 Å². The van der Waals surface area contributed by atoms with Crippen LogP contribution in [0, 0.1) is 13.8 Å². The van der Waals surface area contributed by atoms with Gasteiger partial charge < -0.3 is 14.6 Å². The summed E-state index contributed by atoms with van der Waals surface area (Å²) in [7, 11) is 0. The van der Waals surface area contributed by atoms with E-state index in [4.69, 9.17) is 4.74 Å². The molecule has 0 bridgehead atoms. The Hall–Kier alpha value is -3.32. The molecule has 31 heavy (non-hydrogen) atoms. The number of esters is 1. The van der Waals surface area contributed by atoms with Crippen molar-refractivity contribution < 1.29 is 19.1 Å². The monoisotopic (exact) mass is 434 g/mol. The molecule has 0 spiro atoms. The third kappa shape index (κ3) is 4.41. The molecule has 0 radical (unpaired) electrons. The number of nitrogens with one attached hydrogen (secondary N) is 1. The van der Waals surface area contributed by atoms with Crippen molar-refractivity contribution in [1.29, 1.82) is 0 Å². The lowest BCUT2D eigenvalue weighted by molar-refractivity contribution is -0.143. The van der Waals surface area contributed by atoms with Crippen LogP contribution in [0.15, 0.2) is 65.6 Å². The van der Waals surface area contributed by atoms with Gasteiger partial charge in [0, 0.05) is 27.5 Å². The van der Waals surface area contributed by atoms with Crippen molar-refractivity contribution >= 4 is 35.1 Å². The van der Waals surface area contributed by atoms with Crippen LogP contribution in [0.4, 0.5) is 5.69 Å².